The van der Waals surface area contributed by atoms with Crippen LogP contribution in [0.2, 0.25) is 0 Å². The largest absolute Gasteiger partial charge is 0.400 e. The van der Waals surface area contributed by atoms with Crippen LogP contribution in [0.1, 0.15) is 35.6 Å². The van der Waals surface area contributed by atoms with E-state index in [-0.39, 0.29) is 18.8 Å². The molecule has 3 nitrogen and oxygen atoms in total. The van der Waals surface area contributed by atoms with Crippen molar-refractivity contribution in [3.05, 3.63) is 53.6 Å². The second-order valence-corrected chi connectivity index (χ2v) is 4.68. The molecule has 1 aromatic rings. The first-order valence-corrected chi connectivity index (χ1v) is 6.86. The van der Waals surface area contributed by atoms with Crippen LogP contribution in [-0.2, 0) is 4.74 Å². The summed E-state index contributed by atoms with van der Waals surface area (Å²) in [6.45, 7) is 5.92. The zero-order valence-corrected chi connectivity index (χ0v) is 12.2. The number of allylic oxidation sites excluding steroid dienone is 2. The van der Waals surface area contributed by atoms with E-state index in [1.54, 1.807) is 6.08 Å². The van der Waals surface area contributed by atoms with Crippen molar-refractivity contribution in [3.8, 4) is 0 Å². The lowest BCUT2D eigenvalue weighted by molar-refractivity contribution is 0.0109. The fraction of sp³-hybridized carbons (Fsp3) is 0.412. The molecule has 1 fully saturated rings. The van der Waals surface area contributed by atoms with E-state index in [4.69, 9.17) is 14.9 Å². The molecule has 1 aliphatic rings. The van der Waals surface area contributed by atoms with Crippen LogP contribution in [0.15, 0.2) is 36.9 Å². The SMILES string of the molecule is C=C/C=C\c1c(C)cccc1C1CCC(CO)O1.CO. The summed E-state index contributed by atoms with van der Waals surface area (Å²) in [4.78, 5) is 0. The van der Waals surface area contributed by atoms with Crippen LogP contribution in [0.3, 0.4) is 0 Å². The van der Waals surface area contributed by atoms with E-state index in [0.717, 1.165) is 20.0 Å². The first-order valence-electron chi connectivity index (χ1n) is 6.86. The highest BCUT2D eigenvalue weighted by Gasteiger charge is 2.27. The van der Waals surface area contributed by atoms with Gasteiger partial charge in [0.25, 0.3) is 0 Å². The summed E-state index contributed by atoms with van der Waals surface area (Å²) in [5, 5.41) is 16.1. The van der Waals surface area contributed by atoms with Gasteiger partial charge in [-0.3, -0.25) is 0 Å². The number of hydrogen-bond donors (Lipinski definition) is 2. The van der Waals surface area contributed by atoms with E-state index in [2.05, 4.69) is 37.8 Å². The lowest BCUT2D eigenvalue weighted by Gasteiger charge is -2.16. The Labute approximate surface area is 121 Å². The van der Waals surface area contributed by atoms with Gasteiger partial charge in [0, 0.05) is 7.11 Å². The van der Waals surface area contributed by atoms with Crippen molar-refractivity contribution in [2.24, 2.45) is 0 Å². The summed E-state index contributed by atoms with van der Waals surface area (Å²) in [6, 6.07) is 6.27. The third kappa shape index (κ3) is 4.04. The van der Waals surface area contributed by atoms with Crippen LogP contribution in [-0.4, -0.2) is 30.0 Å². The standard InChI is InChI=1S/C16H20O2.CH4O/c1-3-4-7-14-12(2)6-5-8-15(14)16-10-9-13(11-17)18-16;1-2/h3-8,13,16-17H,1,9-11H2,2H3;2H,1H3/b7-4-;. The zero-order chi connectivity index (χ0) is 15.0. The molecule has 1 aromatic carbocycles. The Hall–Kier alpha value is -1.42. The molecule has 2 rings (SSSR count). The predicted molar refractivity (Wildman–Crippen MR) is 82.5 cm³/mol. The van der Waals surface area contributed by atoms with E-state index < -0.39 is 0 Å². The number of hydrogen-bond acceptors (Lipinski definition) is 3. The molecular formula is C17H24O3. The van der Waals surface area contributed by atoms with Crippen LogP contribution in [0.4, 0.5) is 0 Å². The maximum Gasteiger partial charge on any atom is 0.0836 e. The van der Waals surface area contributed by atoms with Crippen LogP contribution in [0.25, 0.3) is 6.08 Å². The zero-order valence-electron chi connectivity index (χ0n) is 12.2. The van der Waals surface area contributed by atoms with Crippen LogP contribution in [0.5, 0.6) is 0 Å². The number of rotatable bonds is 4. The molecule has 3 heteroatoms. The Balaban J connectivity index is 0.000000956. The number of aliphatic hydroxyl groups excluding tert-OH is 2. The van der Waals surface area contributed by atoms with E-state index in [0.29, 0.717) is 0 Å². The molecule has 2 N–H and O–H groups in total. The maximum absolute atomic E-state index is 9.14. The molecule has 110 valence electrons. The van der Waals surface area contributed by atoms with Crippen molar-refractivity contribution in [3.63, 3.8) is 0 Å². The van der Waals surface area contributed by atoms with Gasteiger partial charge in [0.05, 0.1) is 18.8 Å². The fourth-order valence-electron chi connectivity index (χ4n) is 2.44. The molecule has 0 aromatic heterocycles. The highest BCUT2D eigenvalue weighted by atomic mass is 16.5. The van der Waals surface area contributed by atoms with E-state index >= 15 is 0 Å². The first-order chi connectivity index (χ1) is 9.76. The van der Waals surface area contributed by atoms with E-state index in [1.165, 1.54) is 16.7 Å². The normalized spacial score (nSPS) is 21.6. The Morgan fingerprint density at radius 2 is 2.10 bits per heavy atom. The van der Waals surface area contributed by atoms with Crippen molar-refractivity contribution < 1.29 is 14.9 Å². The third-order valence-corrected chi connectivity index (χ3v) is 3.41. The third-order valence-electron chi connectivity index (χ3n) is 3.41. The van der Waals surface area contributed by atoms with Crippen molar-refractivity contribution >= 4 is 6.08 Å². The minimum absolute atomic E-state index is 0.00764. The van der Waals surface area contributed by atoms with Crippen molar-refractivity contribution in [1.29, 1.82) is 0 Å². The molecule has 0 saturated carbocycles. The lowest BCUT2D eigenvalue weighted by Crippen LogP contribution is -2.11. The predicted octanol–water partition coefficient (Wildman–Crippen LogP) is 3.02. The van der Waals surface area contributed by atoms with Gasteiger partial charge in [-0.25, -0.2) is 0 Å². The molecule has 1 aliphatic heterocycles. The van der Waals surface area contributed by atoms with Crippen molar-refractivity contribution in [1.82, 2.24) is 0 Å². The number of benzene rings is 1. The second kappa shape index (κ2) is 8.69. The van der Waals surface area contributed by atoms with Crippen molar-refractivity contribution in [2.45, 2.75) is 32.0 Å². The van der Waals surface area contributed by atoms with Gasteiger partial charge in [-0.15, -0.1) is 0 Å². The molecule has 0 spiro atoms. The van der Waals surface area contributed by atoms with E-state index in [1.807, 2.05) is 6.08 Å². The Morgan fingerprint density at radius 3 is 2.70 bits per heavy atom. The number of ether oxygens (including phenoxy) is 1. The Kier molecular flexibility index (Phi) is 7.23. The van der Waals surface area contributed by atoms with Gasteiger partial charge in [-0.05, 0) is 36.5 Å². The number of aliphatic hydroxyl groups is 2. The summed E-state index contributed by atoms with van der Waals surface area (Å²) in [6.07, 6.45) is 7.81. The molecule has 1 heterocycles. The van der Waals surface area contributed by atoms with Crippen LogP contribution < -0.4 is 0 Å². The number of aryl methyl sites for hydroxylation is 1. The van der Waals surface area contributed by atoms with Gasteiger partial charge in [-0.1, -0.05) is 43.0 Å². The summed E-state index contributed by atoms with van der Waals surface area (Å²) in [7, 11) is 1.00. The quantitative estimate of drug-likeness (QED) is 0.831. The average Bonchev–Trinajstić information content (AvgIpc) is 2.96. The minimum Gasteiger partial charge on any atom is -0.400 e. The first kappa shape index (κ1) is 16.6. The molecule has 2 atom stereocenters. The highest BCUT2D eigenvalue weighted by Crippen LogP contribution is 2.35. The van der Waals surface area contributed by atoms with Gasteiger partial charge in [0.15, 0.2) is 0 Å². The molecule has 0 radical (unpaired) electrons. The Bertz CT molecular complexity index is 452. The van der Waals surface area contributed by atoms with Gasteiger partial charge < -0.3 is 14.9 Å². The lowest BCUT2D eigenvalue weighted by atomic mass is 9.96. The van der Waals surface area contributed by atoms with E-state index in [9.17, 15) is 0 Å². The summed E-state index contributed by atoms with van der Waals surface area (Å²) in [5.41, 5.74) is 3.66. The average molecular weight is 276 g/mol. The highest BCUT2D eigenvalue weighted by molar-refractivity contribution is 5.59. The van der Waals surface area contributed by atoms with Gasteiger partial charge in [0.1, 0.15) is 0 Å². The molecule has 1 saturated heterocycles. The van der Waals surface area contributed by atoms with Gasteiger partial charge in [0.2, 0.25) is 0 Å². The second-order valence-electron chi connectivity index (χ2n) is 4.68. The van der Waals surface area contributed by atoms with Gasteiger partial charge in [-0.2, -0.15) is 0 Å². The maximum atomic E-state index is 9.14. The summed E-state index contributed by atoms with van der Waals surface area (Å²) >= 11 is 0. The molecule has 0 aliphatic carbocycles. The minimum atomic E-state index is -0.00764. The Morgan fingerprint density at radius 1 is 1.35 bits per heavy atom. The van der Waals surface area contributed by atoms with Gasteiger partial charge >= 0.3 is 0 Å². The molecular weight excluding hydrogens is 252 g/mol. The molecule has 20 heavy (non-hydrogen) atoms. The summed E-state index contributed by atoms with van der Waals surface area (Å²) < 4.78 is 5.86. The molecule has 2 unspecified atom stereocenters. The topological polar surface area (TPSA) is 49.7 Å². The smallest absolute Gasteiger partial charge is 0.0836 e. The fourth-order valence-corrected chi connectivity index (χ4v) is 2.44. The summed E-state index contributed by atoms with van der Waals surface area (Å²) in [5.74, 6) is 0. The molecule has 0 bridgehead atoms. The molecule has 0 amide bonds. The monoisotopic (exact) mass is 276 g/mol. The van der Waals surface area contributed by atoms with Crippen LogP contribution >= 0.6 is 0 Å². The van der Waals surface area contributed by atoms with Crippen LogP contribution in [0, 0.1) is 6.92 Å². The van der Waals surface area contributed by atoms with Crippen molar-refractivity contribution in [2.75, 3.05) is 13.7 Å².